The van der Waals surface area contributed by atoms with Crippen molar-refractivity contribution in [3.8, 4) is 78.9 Å². The summed E-state index contributed by atoms with van der Waals surface area (Å²) in [4.78, 5) is 16.4. The van der Waals surface area contributed by atoms with Gasteiger partial charge in [0.15, 0.2) is 11.6 Å². The minimum atomic E-state index is 0.0480. The van der Waals surface area contributed by atoms with Crippen molar-refractivity contribution in [1.29, 1.82) is 0 Å². The highest BCUT2D eigenvalue weighted by molar-refractivity contribution is 6.23. The van der Waals surface area contributed by atoms with Crippen LogP contribution in [0.25, 0.3) is 123 Å². The molecular weight excluding hydrogens is 935 g/mol. The third kappa shape index (κ3) is 7.63. The average Bonchev–Trinajstić information content (AvgIpc) is 4.25. The fraction of sp³-hybridized carbons (Fsp3) is 0.125. The van der Waals surface area contributed by atoms with E-state index in [2.05, 4.69) is 280 Å². The van der Waals surface area contributed by atoms with Crippen molar-refractivity contribution in [3.63, 3.8) is 0 Å². The Bertz CT molecular complexity index is 4430. The molecule has 10 aromatic carbocycles. The standard InChI is InChI=1S/C72H57N5/c1-46-45-71(2,3)65-56(33-20-34-62(65)72(46,4)5)53-27-18-25-51(43-53)52-26-19-28-54(44-52)76-63-35-16-14-30-57(63)59-41-42-60-58-31-15-17-36-64(58)77(67(60)66(59)76)70-74-68(50-39-37-48(38-40-50)47-21-8-6-9-22-47)73-69(75-70)61-32-13-12-29-55(61)49-23-10-7-11-24-49/h6-44,46H,45H2,1-5H3. The highest BCUT2D eigenvalue weighted by Gasteiger charge is 2.43. The van der Waals surface area contributed by atoms with Crippen LogP contribution in [0.2, 0.25) is 0 Å². The first-order valence-corrected chi connectivity index (χ1v) is 27.0. The van der Waals surface area contributed by atoms with Gasteiger partial charge in [0.05, 0.1) is 22.1 Å². The van der Waals surface area contributed by atoms with Gasteiger partial charge in [0.2, 0.25) is 5.95 Å². The van der Waals surface area contributed by atoms with E-state index in [0.29, 0.717) is 23.5 Å². The van der Waals surface area contributed by atoms with Crippen LogP contribution in [0.1, 0.15) is 52.2 Å². The van der Waals surface area contributed by atoms with Crippen LogP contribution >= 0.6 is 0 Å². The van der Waals surface area contributed by atoms with E-state index in [1.165, 1.54) is 33.2 Å². The molecule has 1 aliphatic rings. The maximum Gasteiger partial charge on any atom is 0.238 e. The maximum absolute atomic E-state index is 5.55. The lowest BCUT2D eigenvalue weighted by Gasteiger charge is -2.47. The zero-order valence-electron chi connectivity index (χ0n) is 44.0. The maximum atomic E-state index is 5.55. The van der Waals surface area contributed by atoms with Gasteiger partial charge in [-0.2, -0.15) is 9.97 Å². The lowest BCUT2D eigenvalue weighted by atomic mass is 9.57. The molecule has 3 heterocycles. The van der Waals surface area contributed by atoms with E-state index < -0.39 is 0 Å². The highest BCUT2D eigenvalue weighted by Crippen LogP contribution is 2.52. The first kappa shape index (κ1) is 46.3. The van der Waals surface area contributed by atoms with Gasteiger partial charge in [-0.1, -0.05) is 241 Å². The summed E-state index contributed by atoms with van der Waals surface area (Å²) in [5.74, 6) is 2.32. The van der Waals surface area contributed by atoms with Gasteiger partial charge in [0, 0.05) is 38.4 Å². The lowest BCUT2D eigenvalue weighted by molar-refractivity contribution is 0.234. The summed E-state index contributed by atoms with van der Waals surface area (Å²) in [6.07, 6.45) is 1.15. The van der Waals surface area contributed by atoms with Gasteiger partial charge in [-0.05, 0) is 109 Å². The third-order valence-corrected chi connectivity index (χ3v) is 16.9. The van der Waals surface area contributed by atoms with Crippen molar-refractivity contribution in [2.45, 2.75) is 51.9 Å². The van der Waals surface area contributed by atoms with E-state index >= 15 is 0 Å². The molecule has 0 radical (unpaired) electrons. The molecule has 370 valence electrons. The summed E-state index contributed by atoms with van der Waals surface area (Å²) in [5.41, 5.74) is 19.6. The SMILES string of the molecule is CC1CC(C)(C)c2c(-c3cccc(-c4cccc(-n5c6ccccc6c6ccc7c8ccccc8n(-c8nc(-c9ccc(-c%10ccccc%10)cc9)nc(-c9ccccc9-c9ccccc9)n8)c7c65)c4)c3)cccc2C1(C)C. The first-order chi connectivity index (χ1) is 37.6. The van der Waals surface area contributed by atoms with Gasteiger partial charge >= 0.3 is 0 Å². The zero-order valence-corrected chi connectivity index (χ0v) is 44.0. The Labute approximate surface area is 449 Å². The normalized spacial score (nSPS) is 14.8. The van der Waals surface area contributed by atoms with E-state index in [0.717, 1.165) is 89.3 Å². The minimum absolute atomic E-state index is 0.0480. The Morgan fingerprint density at radius 3 is 1.60 bits per heavy atom. The van der Waals surface area contributed by atoms with Crippen LogP contribution in [0.5, 0.6) is 0 Å². The van der Waals surface area contributed by atoms with Crippen LogP contribution in [-0.2, 0) is 10.8 Å². The van der Waals surface area contributed by atoms with E-state index in [9.17, 15) is 0 Å². The van der Waals surface area contributed by atoms with Crippen LogP contribution < -0.4 is 0 Å². The number of rotatable bonds is 8. The average molecular weight is 992 g/mol. The summed E-state index contributed by atoms with van der Waals surface area (Å²) in [6.45, 7) is 12.1. The van der Waals surface area contributed by atoms with Crippen molar-refractivity contribution >= 4 is 43.6 Å². The van der Waals surface area contributed by atoms with Gasteiger partial charge < -0.3 is 4.57 Å². The molecule has 0 spiro atoms. The number of hydrogen-bond acceptors (Lipinski definition) is 3. The van der Waals surface area contributed by atoms with Gasteiger partial charge in [-0.3, -0.25) is 4.57 Å². The van der Waals surface area contributed by atoms with Crippen molar-refractivity contribution in [3.05, 3.63) is 248 Å². The van der Waals surface area contributed by atoms with Crippen molar-refractivity contribution in [2.24, 2.45) is 5.92 Å². The molecule has 0 fully saturated rings. The number of nitrogens with zero attached hydrogens (tertiary/aromatic N) is 5. The summed E-state index contributed by atoms with van der Waals surface area (Å²) >= 11 is 0. The predicted molar refractivity (Wildman–Crippen MR) is 321 cm³/mol. The fourth-order valence-electron chi connectivity index (χ4n) is 12.8. The topological polar surface area (TPSA) is 48.5 Å². The lowest BCUT2D eigenvalue weighted by Crippen LogP contribution is -2.40. The molecule has 5 heteroatoms. The Morgan fingerprint density at radius 2 is 0.883 bits per heavy atom. The number of hydrogen-bond donors (Lipinski definition) is 0. The molecule has 3 aromatic heterocycles. The zero-order chi connectivity index (χ0) is 52.0. The van der Waals surface area contributed by atoms with Gasteiger partial charge in [0.1, 0.15) is 0 Å². The second-order valence-electron chi connectivity index (χ2n) is 22.3. The first-order valence-electron chi connectivity index (χ1n) is 27.0. The molecule has 0 saturated carbocycles. The van der Waals surface area contributed by atoms with Crippen LogP contribution in [0.3, 0.4) is 0 Å². The quantitative estimate of drug-likeness (QED) is 0.152. The Balaban J connectivity index is 0.995. The largest absolute Gasteiger partial charge is 0.307 e. The molecule has 14 rings (SSSR count). The molecule has 13 aromatic rings. The van der Waals surface area contributed by atoms with Crippen LogP contribution in [0.4, 0.5) is 0 Å². The number of benzene rings is 10. The van der Waals surface area contributed by atoms with Crippen molar-refractivity contribution in [2.75, 3.05) is 0 Å². The Hall–Kier alpha value is -9.19. The van der Waals surface area contributed by atoms with Crippen molar-refractivity contribution < 1.29 is 0 Å². The van der Waals surface area contributed by atoms with E-state index in [4.69, 9.17) is 15.0 Å². The second kappa shape index (κ2) is 18.0. The summed E-state index contributed by atoms with van der Waals surface area (Å²) in [5, 5.41) is 4.57. The fourth-order valence-corrected chi connectivity index (χ4v) is 12.8. The Kier molecular flexibility index (Phi) is 10.8. The summed E-state index contributed by atoms with van der Waals surface area (Å²) in [6, 6.07) is 85.4. The molecular formula is C72H57N5. The van der Waals surface area contributed by atoms with Crippen LogP contribution in [-0.4, -0.2) is 24.1 Å². The van der Waals surface area contributed by atoms with Crippen LogP contribution in [0, 0.1) is 5.92 Å². The van der Waals surface area contributed by atoms with E-state index in [1.807, 2.05) is 0 Å². The second-order valence-corrected chi connectivity index (χ2v) is 22.3. The number of fused-ring (bicyclic) bond motifs is 8. The van der Waals surface area contributed by atoms with Gasteiger partial charge in [-0.25, -0.2) is 4.98 Å². The van der Waals surface area contributed by atoms with E-state index in [-0.39, 0.29) is 10.8 Å². The molecule has 0 aliphatic heterocycles. The smallest absolute Gasteiger partial charge is 0.238 e. The monoisotopic (exact) mass is 991 g/mol. The van der Waals surface area contributed by atoms with Crippen LogP contribution in [0.15, 0.2) is 237 Å². The molecule has 0 N–H and O–H groups in total. The highest BCUT2D eigenvalue weighted by atomic mass is 15.2. The predicted octanol–water partition coefficient (Wildman–Crippen LogP) is 18.7. The number of aromatic nitrogens is 5. The molecule has 1 unspecified atom stereocenters. The van der Waals surface area contributed by atoms with Crippen molar-refractivity contribution in [1.82, 2.24) is 24.1 Å². The summed E-state index contributed by atoms with van der Waals surface area (Å²) in [7, 11) is 0. The van der Waals surface area contributed by atoms with Gasteiger partial charge in [-0.15, -0.1) is 0 Å². The Morgan fingerprint density at radius 1 is 0.377 bits per heavy atom. The molecule has 1 aliphatic carbocycles. The molecule has 5 nitrogen and oxygen atoms in total. The molecule has 0 amide bonds. The number of para-hydroxylation sites is 2. The molecule has 77 heavy (non-hydrogen) atoms. The third-order valence-electron chi connectivity index (χ3n) is 16.9. The minimum Gasteiger partial charge on any atom is -0.307 e. The molecule has 0 bridgehead atoms. The molecule has 0 saturated heterocycles. The van der Waals surface area contributed by atoms with E-state index in [1.54, 1.807) is 0 Å². The van der Waals surface area contributed by atoms with Gasteiger partial charge in [0.25, 0.3) is 0 Å². The molecule has 1 atom stereocenters. The summed E-state index contributed by atoms with van der Waals surface area (Å²) < 4.78 is 4.75.